The van der Waals surface area contributed by atoms with Gasteiger partial charge in [0.2, 0.25) is 0 Å². The molecule has 2 aromatic rings. The number of nitrogens with one attached hydrogen (secondary N) is 1. The predicted octanol–water partition coefficient (Wildman–Crippen LogP) is 1.41. The van der Waals surface area contributed by atoms with E-state index >= 15 is 0 Å². The maximum Gasteiger partial charge on any atom is 0.0840 e. The summed E-state index contributed by atoms with van der Waals surface area (Å²) < 4.78 is 3.71. The number of aryl methyl sites for hydroxylation is 3. The molecule has 2 aromatic heterocycles. The largest absolute Gasteiger partial charge is 0.305 e. The maximum absolute atomic E-state index is 4.51. The zero-order chi connectivity index (χ0) is 13.1. The van der Waals surface area contributed by atoms with Crippen LogP contribution < -0.4 is 5.32 Å². The molecule has 0 aromatic carbocycles. The lowest BCUT2D eigenvalue weighted by Gasteiger charge is -2.15. The van der Waals surface area contributed by atoms with Gasteiger partial charge in [0.1, 0.15) is 0 Å². The van der Waals surface area contributed by atoms with Crippen molar-refractivity contribution < 1.29 is 0 Å². The van der Waals surface area contributed by atoms with E-state index in [-0.39, 0.29) is 6.04 Å². The summed E-state index contributed by atoms with van der Waals surface area (Å²) >= 11 is 0. The summed E-state index contributed by atoms with van der Waals surface area (Å²) in [6.45, 7) is 5.14. The molecule has 1 N–H and O–H groups in total. The van der Waals surface area contributed by atoms with Gasteiger partial charge in [0, 0.05) is 32.1 Å². The Labute approximate surface area is 108 Å². The van der Waals surface area contributed by atoms with Gasteiger partial charge in [0.25, 0.3) is 0 Å². The first-order chi connectivity index (χ1) is 8.65. The van der Waals surface area contributed by atoms with Crippen LogP contribution in [0.3, 0.4) is 0 Å². The van der Waals surface area contributed by atoms with Gasteiger partial charge in [-0.1, -0.05) is 13.8 Å². The second-order valence-electron chi connectivity index (χ2n) is 4.46. The van der Waals surface area contributed by atoms with Crippen LogP contribution in [0.2, 0.25) is 0 Å². The number of aromatic nitrogens is 4. The van der Waals surface area contributed by atoms with Crippen LogP contribution in [0.1, 0.15) is 36.8 Å². The van der Waals surface area contributed by atoms with Crippen LogP contribution in [0, 0.1) is 0 Å². The summed E-state index contributed by atoms with van der Waals surface area (Å²) in [5, 5.41) is 12.5. The normalized spacial score (nSPS) is 12.9. The van der Waals surface area contributed by atoms with Crippen LogP contribution in [-0.2, 0) is 20.5 Å². The molecule has 1 unspecified atom stereocenters. The molecule has 0 aliphatic carbocycles. The van der Waals surface area contributed by atoms with Crippen molar-refractivity contribution in [1.29, 1.82) is 0 Å². The van der Waals surface area contributed by atoms with E-state index in [1.807, 2.05) is 29.7 Å². The second-order valence-corrected chi connectivity index (χ2v) is 4.46. The Balaban J connectivity index is 2.40. The Hall–Kier alpha value is -1.62. The molecule has 0 aliphatic rings. The third-order valence-electron chi connectivity index (χ3n) is 3.02. The molecule has 5 heteroatoms. The number of hydrogen-bond acceptors (Lipinski definition) is 3. The van der Waals surface area contributed by atoms with Crippen LogP contribution >= 0.6 is 0 Å². The SMILES string of the molecule is CCNC(c1ccn(C)n1)c1cn(C)nc1CC. The number of nitrogens with zero attached hydrogens (tertiary/aromatic N) is 4. The molecule has 0 bridgehead atoms. The molecule has 2 rings (SSSR count). The summed E-state index contributed by atoms with van der Waals surface area (Å²) in [4.78, 5) is 0. The van der Waals surface area contributed by atoms with Gasteiger partial charge in [-0.05, 0) is 19.0 Å². The predicted molar refractivity (Wildman–Crippen MR) is 71.3 cm³/mol. The van der Waals surface area contributed by atoms with Crippen molar-refractivity contribution in [2.75, 3.05) is 6.54 Å². The van der Waals surface area contributed by atoms with E-state index < -0.39 is 0 Å². The van der Waals surface area contributed by atoms with E-state index in [1.54, 1.807) is 0 Å². The Morgan fingerprint density at radius 2 is 2.00 bits per heavy atom. The van der Waals surface area contributed by atoms with Gasteiger partial charge >= 0.3 is 0 Å². The monoisotopic (exact) mass is 247 g/mol. The average Bonchev–Trinajstić information content (AvgIpc) is 2.92. The summed E-state index contributed by atoms with van der Waals surface area (Å²) in [7, 11) is 3.90. The third kappa shape index (κ3) is 2.46. The van der Waals surface area contributed by atoms with Gasteiger partial charge in [0.05, 0.1) is 17.4 Å². The van der Waals surface area contributed by atoms with Gasteiger partial charge in [-0.3, -0.25) is 9.36 Å². The van der Waals surface area contributed by atoms with Crippen molar-refractivity contribution in [2.45, 2.75) is 26.3 Å². The van der Waals surface area contributed by atoms with Crippen molar-refractivity contribution in [2.24, 2.45) is 14.1 Å². The Morgan fingerprint density at radius 3 is 2.56 bits per heavy atom. The molecule has 0 aliphatic heterocycles. The summed E-state index contributed by atoms with van der Waals surface area (Å²) in [6.07, 6.45) is 4.99. The topological polar surface area (TPSA) is 47.7 Å². The summed E-state index contributed by atoms with van der Waals surface area (Å²) in [6, 6.07) is 2.18. The van der Waals surface area contributed by atoms with Gasteiger partial charge in [0.15, 0.2) is 0 Å². The maximum atomic E-state index is 4.51. The van der Waals surface area contributed by atoms with E-state index in [0.717, 1.165) is 24.4 Å². The lowest BCUT2D eigenvalue weighted by molar-refractivity contribution is 0.595. The van der Waals surface area contributed by atoms with Gasteiger partial charge in [-0.25, -0.2) is 0 Å². The van der Waals surface area contributed by atoms with Crippen molar-refractivity contribution in [3.8, 4) is 0 Å². The Bertz CT molecular complexity index is 511. The van der Waals surface area contributed by atoms with Crippen LogP contribution in [-0.4, -0.2) is 26.1 Å². The smallest absolute Gasteiger partial charge is 0.0840 e. The number of rotatable bonds is 5. The highest BCUT2D eigenvalue weighted by Crippen LogP contribution is 2.23. The quantitative estimate of drug-likeness (QED) is 0.869. The molecule has 98 valence electrons. The van der Waals surface area contributed by atoms with E-state index in [0.29, 0.717) is 0 Å². The van der Waals surface area contributed by atoms with Crippen molar-refractivity contribution in [1.82, 2.24) is 24.9 Å². The molecule has 0 amide bonds. The molecule has 1 atom stereocenters. The molecule has 0 saturated carbocycles. The summed E-state index contributed by atoms with van der Waals surface area (Å²) in [5.41, 5.74) is 3.40. The van der Waals surface area contributed by atoms with Crippen LogP contribution in [0.15, 0.2) is 18.5 Å². The lowest BCUT2D eigenvalue weighted by Crippen LogP contribution is -2.23. The first-order valence-corrected chi connectivity index (χ1v) is 6.41. The fourth-order valence-electron chi connectivity index (χ4n) is 2.23. The van der Waals surface area contributed by atoms with Crippen LogP contribution in [0.5, 0.6) is 0 Å². The van der Waals surface area contributed by atoms with Crippen molar-refractivity contribution >= 4 is 0 Å². The van der Waals surface area contributed by atoms with Crippen molar-refractivity contribution in [3.63, 3.8) is 0 Å². The zero-order valence-electron chi connectivity index (χ0n) is 11.5. The fourth-order valence-corrected chi connectivity index (χ4v) is 2.23. The summed E-state index contributed by atoms with van der Waals surface area (Å²) in [5.74, 6) is 0. The lowest BCUT2D eigenvalue weighted by atomic mass is 10.0. The highest BCUT2D eigenvalue weighted by atomic mass is 15.3. The fraction of sp³-hybridized carbons (Fsp3) is 0.538. The molecule has 5 nitrogen and oxygen atoms in total. The molecule has 0 spiro atoms. The minimum Gasteiger partial charge on any atom is -0.305 e. The van der Waals surface area contributed by atoms with E-state index in [2.05, 4.69) is 41.6 Å². The first kappa shape index (κ1) is 12.8. The van der Waals surface area contributed by atoms with Crippen LogP contribution in [0.4, 0.5) is 0 Å². The van der Waals surface area contributed by atoms with Crippen molar-refractivity contribution in [3.05, 3.63) is 35.4 Å². The molecule has 18 heavy (non-hydrogen) atoms. The van der Waals surface area contributed by atoms with E-state index in [9.17, 15) is 0 Å². The molecule has 0 fully saturated rings. The zero-order valence-corrected chi connectivity index (χ0v) is 11.5. The number of hydrogen-bond donors (Lipinski definition) is 1. The first-order valence-electron chi connectivity index (χ1n) is 6.41. The molecule has 0 saturated heterocycles. The van der Waals surface area contributed by atoms with Gasteiger partial charge in [-0.15, -0.1) is 0 Å². The highest BCUT2D eigenvalue weighted by Gasteiger charge is 2.20. The Morgan fingerprint density at radius 1 is 1.22 bits per heavy atom. The third-order valence-corrected chi connectivity index (χ3v) is 3.02. The Kier molecular flexibility index (Phi) is 3.81. The van der Waals surface area contributed by atoms with Gasteiger partial charge < -0.3 is 5.32 Å². The molecule has 2 heterocycles. The minimum atomic E-state index is 0.125. The average molecular weight is 247 g/mol. The minimum absolute atomic E-state index is 0.125. The second kappa shape index (κ2) is 5.35. The van der Waals surface area contributed by atoms with E-state index in [4.69, 9.17) is 0 Å². The highest BCUT2D eigenvalue weighted by molar-refractivity contribution is 5.29. The standard InChI is InChI=1S/C13H21N5/c1-5-11-10(9-18(4)15-11)13(14-6-2)12-7-8-17(3)16-12/h7-9,13-14H,5-6H2,1-4H3. The molecular weight excluding hydrogens is 226 g/mol. The molecular formula is C13H21N5. The molecule has 0 radical (unpaired) electrons. The van der Waals surface area contributed by atoms with Crippen LogP contribution in [0.25, 0.3) is 0 Å². The van der Waals surface area contributed by atoms with Gasteiger partial charge in [-0.2, -0.15) is 10.2 Å². The van der Waals surface area contributed by atoms with E-state index in [1.165, 1.54) is 5.56 Å².